The minimum absolute atomic E-state index is 0.111. The molecule has 2 bridgehead atoms. The Balaban J connectivity index is 1.80. The molecule has 29 heavy (non-hydrogen) atoms. The Labute approximate surface area is 172 Å². The second kappa shape index (κ2) is 6.32. The highest BCUT2D eigenvalue weighted by Crippen LogP contribution is 2.63. The molecular formula is C24H31NO4. The lowest BCUT2D eigenvalue weighted by Crippen LogP contribution is -2.64. The van der Waals surface area contributed by atoms with Crippen molar-refractivity contribution in [2.45, 2.75) is 69.6 Å². The van der Waals surface area contributed by atoms with Gasteiger partial charge in [0.2, 0.25) is 0 Å². The Morgan fingerprint density at radius 2 is 2.17 bits per heavy atom. The van der Waals surface area contributed by atoms with Crippen LogP contribution in [0.3, 0.4) is 0 Å². The predicted octanol–water partition coefficient (Wildman–Crippen LogP) is 2.92. The van der Waals surface area contributed by atoms with Gasteiger partial charge in [0.05, 0.1) is 0 Å². The fraction of sp³-hybridized carbons (Fsp3) is 0.625. The van der Waals surface area contributed by atoms with Gasteiger partial charge in [0.1, 0.15) is 18.0 Å². The zero-order valence-electron chi connectivity index (χ0n) is 17.7. The highest BCUT2D eigenvalue weighted by Gasteiger charge is 2.64. The van der Waals surface area contributed by atoms with Crippen LogP contribution in [-0.4, -0.2) is 52.7 Å². The third-order valence-electron chi connectivity index (χ3n) is 8.30. The standard InChI is InChI=1S/C24H31NO4/c1-5-12(2)20(13(3)26)14-11-19(28)22-21-15(14)10-17-16-6-7-18(27)23(29-22)24(16,21)8-9-25(17)4/h6-7,11-12,16-18,20,23,27-28H,5,8-10H2,1-4H3/t12?,16-,17+,18-,20?,23-,24-/m0/s1. The molecule has 0 amide bonds. The summed E-state index contributed by atoms with van der Waals surface area (Å²) in [6.45, 7) is 6.83. The molecule has 2 N–H and O–H groups in total. The van der Waals surface area contributed by atoms with E-state index >= 15 is 0 Å². The monoisotopic (exact) mass is 397 g/mol. The summed E-state index contributed by atoms with van der Waals surface area (Å²) < 4.78 is 6.28. The third kappa shape index (κ3) is 2.32. The summed E-state index contributed by atoms with van der Waals surface area (Å²) in [4.78, 5) is 15.1. The lowest BCUT2D eigenvalue weighted by molar-refractivity contribution is -0.119. The number of phenolic OH excluding ortho intramolecular Hbond substituents is 1. The summed E-state index contributed by atoms with van der Waals surface area (Å²) in [5.41, 5.74) is 2.90. The number of hydrogen-bond acceptors (Lipinski definition) is 5. The van der Waals surface area contributed by atoms with E-state index in [1.54, 1.807) is 13.0 Å². The zero-order valence-corrected chi connectivity index (χ0v) is 17.7. The summed E-state index contributed by atoms with van der Waals surface area (Å²) in [5.74, 6) is 1.01. The fourth-order valence-corrected chi connectivity index (χ4v) is 6.79. The Kier molecular flexibility index (Phi) is 4.17. The summed E-state index contributed by atoms with van der Waals surface area (Å²) in [6, 6.07) is 2.08. The van der Waals surface area contributed by atoms with Crippen molar-refractivity contribution < 1.29 is 19.7 Å². The quantitative estimate of drug-likeness (QED) is 0.765. The average molecular weight is 398 g/mol. The highest BCUT2D eigenvalue weighted by atomic mass is 16.5. The molecule has 1 saturated heterocycles. The molecule has 0 saturated carbocycles. The number of aromatic hydroxyl groups is 1. The first kappa shape index (κ1) is 19.1. The minimum atomic E-state index is -0.685. The maximum atomic E-state index is 12.7. The number of ether oxygens (including phenoxy) is 1. The van der Waals surface area contributed by atoms with Crippen molar-refractivity contribution in [1.82, 2.24) is 4.90 Å². The number of aliphatic hydroxyl groups is 1. The molecule has 1 aromatic rings. The molecule has 1 fully saturated rings. The van der Waals surface area contributed by atoms with Gasteiger partial charge in [-0.15, -0.1) is 0 Å². The molecule has 2 unspecified atom stereocenters. The number of nitrogens with zero attached hydrogens (tertiary/aromatic N) is 1. The van der Waals surface area contributed by atoms with Crippen molar-refractivity contribution in [3.8, 4) is 11.5 Å². The van der Waals surface area contributed by atoms with E-state index < -0.39 is 6.10 Å². The second-order valence-corrected chi connectivity index (χ2v) is 9.62. The van der Waals surface area contributed by atoms with Gasteiger partial charge in [-0.05, 0) is 56.5 Å². The molecule has 1 spiro atoms. The maximum Gasteiger partial charge on any atom is 0.165 e. The van der Waals surface area contributed by atoms with Crippen LogP contribution >= 0.6 is 0 Å². The molecule has 156 valence electrons. The van der Waals surface area contributed by atoms with E-state index in [1.807, 2.05) is 6.08 Å². The second-order valence-electron chi connectivity index (χ2n) is 9.62. The predicted molar refractivity (Wildman–Crippen MR) is 110 cm³/mol. The zero-order chi connectivity index (χ0) is 20.7. The molecule has 7 atom stereocenters. The van der Waals surface area contributed by atoms with Gasteiger partial charge < -0.3 is 19.8 Å². The number of piperidine rings is 1. The van der Waals surface area contributed by atoms with E-state index in [4.69, 9.17) is 4.74 Å². The number of phenols is 1. The lowest BCUT2D eigenvalue weighted by atomic mass is 9.52. The van der Waals surface area contributed by atoms with Crippen molar-refractivity contribution in [3.05, 3.63) is 34.9 Å². The molecule has 1 aromatic carbocycles. The Morgan fingerprint density at radius 3 is 2.86 bits per heavy atom. The Hall–Kier alpha value is -1.85. The van der Waals surface area contributed by atoms with Crippen molar-refractivity contribution in [1.29, 1.82) is 0 Å². The molecular weight excluding hydrogens is 366 g/mol. The number of benzene rings is 1. The number of aliphatic hydroxyl groups excluding tert-OH is 1. The molecule has 5 rings (SSSR count). The number of ketones is 1. The molecule has 4 aliphatic rings. The first-order chi connectivity index (χ1) is 13.8. The summed E-state index contributed by atoms with van der Waals surface area (Å²) >= 11 is 0. The maximum absolute atomic E-state index is 12.7. The van der Waals surface area contributed by atoms with Crippen LogP contribution in [0.4, 0.5) is 0 Å². The van der Waals surface area contributed by atoms with Crippen LogP contribution in [0.5, 0.6) is 11.5 Å². The summed E-state index contributed by atoms with van der Waals surface area (Å²) in [5, 5.41) is 21.7. The normalized spacial score (nSPS) is 36.3. The van der Waals surface area contributed by atoms with E-state index in [0.29, 0.717) is 11.8 Å². The number of Topliss-reactive ketones (excluding diaryl/α,β-unsaturated/α-hetero) is 1. The topological polar surface area (TPSA) is 70.0 Å². The van der Waals surface area contributed by atoms with Gasteiger partial charge in [0.25, 0.3) is 0 Å². The molecule has 0 aromatic heterocycles. The Morgan fingerprint density at radius 1 is 1.41 bits per heavy atom. The van der Waals surface area contributed by atoms with Gasteiger partial charge in [-0.3, -0.25) is 4.79 Å². The van der Waals surface area contributed by atoms with Crippen molar-refractivity contribution >= 4 is 5.78 Å². The van der Waals surface area contributed by atoms with Crippen LogP contribution in [0, 0.1) is 11.8 Å². The van der Waals surface area contributed by atoms with Crippen LogP contribution in [0.1, 0.15) is 56.2 Å². The van der Waals surface area contributed by atoms with E-state index in [1.165, 1.54) is 5.56 Å². The first-order valence-electron chi connectivity index (χ1n) is 10.9. The van der Waals surface area contributed by atoms with Gasteiger partial charge >= 0.3 is 0 Å². The number of likely N-dealkylation sites (tertiary alicyclic amines) is 1. The molecule has 2 aliphatic carbocycles. The largest absolute Gasteiger partial charge is 0.504 e. The minimum Gasteiger partial charge on any atom is -0.504 e. The van der Waals surface area contributed by atoms with Crippen molar-refractivity contribution in [2.75, 3.05) is 13.6 Å². The number of carbonyl (C=O) groups is 1. The Bertz CT molecular complexity index is 909. The third-order valence-corrected chi connectivity index (χ3v) is 8.30. The molecule has 2 heterocycles. The number of rotatable bonds is 4. The van der Waals surface area contributed by atoms with Crippen molar-refractivity contribution in [3.63, 3.8) is 0 Å². The molecule has 0 radical (unpaired) electrons. The number of hydrogen-bond donors (Lipinski definition) is 2. The van der Waals surface area contributed by atoms with Crippen molar-refractivity contribution in [2.24, 2.45) is 11.8 Å². The van der Waals surface area contributed by atoms with Crippen LogP contribution in [0.15, 0.2) is 18.2 Å². The summed E-state index contributed by atoms with van der Waals surface area (Å²) in [7, 11) is 2.17. The van der Waals surface area contributed by atoms with E-state index in [-0.39, 0.29) is 40.8 Å². The van der Waals surface area contributed by atoms with Gasteiger partial charge in [-0.25, -0.2) is 0 Å². The summed E-state index contributed by atoms with van der Waals surface area (Å²) in [6.07, 6.45) is 5.61. The van der Waals surface area contributed by atoms with Crippen LogP contribution in [-0.2, 0) is 16.6 Å². The highest BCUT2D eigenvalue weighted by molar-refractivity contribution is 5.85. The van der Waals surface area contributed by atoms with E-state index in [9.17, 15) is 15.0 Å². The van der Waals surface area contributed by atoms with Crippen LogP contribution in [0.2, 0.25) is 0 Å². The number of likely N-dealkylation sites (N-methyl/N-ethyl adjacent to an activating group) is 1. The fourth-order valence-electron chi connectivity index (χ4n) is 6.79. The smallest absolute Gasteiger partial charge is 0.165 e. The first-order valence-corrected chi connectivity index (χ1v) is 10.9. The lowest BCUT2D eigenvalue weighted by Gasteiger charge is -2.56. The molecule has 5 heteroatoms. The van der Waals surface area contributed by atoms with Gasteiger partial charge in [0.15, 0.2) is 11.5 Å². The van der Waals surface area contributed by atoms with Crippen LogP contribution < -0.4 is 4.74 Å². The van der Waals surface area contributed by atoms with Gasteiger partial charge in [0, 0.05) is 28.9 Å². The molecule has 2 aliphatic heterocycles. The van der Waals surface area contributed by atoms with E-state index in [0.717, 1.165) is 36.9 Å². The average Bonchev–Trinajstić information content (AvgIpc) is 3.03. The molecule has 5 nitrogen and oxygen atoms in total. The SMILES string of the molecule is CCC(C)C(C(C)=O)c1cc(O)c2c3c1C[C@@H]1[C@@H]4C=C[C@H](O)[C@H](O2)[C@]34CCN1C. The number of carbonyl (C=O) groups excluding carboxylic acids is 1. The van der Waals surface area contributed by atoms with E-state index in [2.05, 4.69) is 31.9 Å². The van der Waals surface area contributed by atoms with Crippen LogP contribution in [0.25, 0.3) is 0 Å². The van der Waals surface area contributed by atoms with Gasteiger partial charge in [-0.2, -0.15) is 0 Å². The van der Waals surface area contributed by atoms with Gasteiger partial charge in [-0.1, -0.05) is 32.4 Å².